The maximum absolute atomic E-state index is 11.9. The number of rotatable bonds is 4. The lowest BCUT2D eigenvalue weighted by Gasteiger charge is -2.25. The topological polar surface area (TPSA) is 60.8 Å². The van der Waals surface area contributed by atoms with Gasteiger partial charge in [-0.1, -0.05) is 36.4 Å². The van der Waals surface area contributed by atoms with E-state index < -0.39 is 0 Å². The van der Waals surface area contributed by atoms with Gasteiger partial charge < -0.3 is 15.1 Å². The molecular formula is C18H21NO3. The molecule has 0 bridgehead atoms. The van der Waals surface area contributed by atoms with Gasteiger partial charge in [0.15, 0.2) is 11.5 Å². The summed E-state index contributed by atoms with van der Waals surface area (Å²) in [5.74, 6) is -0.207. The fourth-order valence-electron chi connectivity index (χ4n) is 2.30. The average Bonchev–Trinajstić information content (AvgIpc) is 2.54. The Kier molecular flexibility index (Phi) is 5.83. The molecule has 2 rings (SSSR count). The smallest absolute Gasteiger partial charge is 0.246 e. The van der Waals surface area contributed by atoms with E-state index in [1.54, 1.807) is 30.4 Å². The van der Waals surface area contributed by atoms with E-state index >= 15 is 0 Å². The SMILES string of the molecule is O=C(/C=C/C=C/C=C/c1ccc(O)c(O)c1)N1CCCCC1. The highest BCUT2D eigenvalue weighted by Gasteiger charge is 2.12. The number of hydrogen-bond acceptors (Lipinski definition) is 3. The summed E-state index contributed by atoms with van der Waals surface area (Å²) in [5.41, 5.74) is 0.785. The van der Waals surface area contributed by atoms with Crippen LogP contribution in [0.25, 0.3) is 6.08 Å². The predicted octanol–water partition coefficient (Wildman–Crippen LogP) is 3.24. The van der Waals surface area contributed by atoms with Crippen LogP contribution in [0.15, 0.2) is 48.6 Å². The second-order valence-electron chi connectivity index (χ2n) is 5.24. The van der Waals surface area contributed by atoms with Crippen LogP contribution in [-0.2, 0) is 4.79 Å². The molecule has 116 valence electrons. The molecule has 1 aliphatic rings. The summed E-state index contributed by atoms with van der Waals surface area (Å²) in [6.45, 7) is 1.72. The van der Waals surface area contributed by atoms with E-state index in [9.17, 15) is 15.0 Å². The van der Waals surface area contributed by atoms with E-state index in [-0.39, 0.29) is 17.4 Å². The zero-order valence-corrected chi connectivity index (χ0v) is 12.5. The van der Waals surface area contributed by atoms with E-state index in [0.717, 1.165) is 31.5 Å². The third-order valence-corrected chi connectivity index (χ3v) is 3.53. The molecule has 1 aromatic carbocycles. The third-order valence-electron chi connectivity index (χ3n) is 3.53. The Morgan fingerprint density at radius 1 is 0.955 bits per heavy atom. The van der Waals surface area contributed by atoms with Gasteiger partial charge in [0.1, 0.15) is 0 Å². The lowest BCUT2D eigenvalue weighted by Crippen LogP contribution is -2.34. The number of likely N-dealkylation sites (tertiary alicyclic amines) is 1. The lowest BCUT2D eigenvalue weighted by molar-refractivity contribution is -0.126. The van der Waals surface area contributed by atoms with Crippen molar-refractivity contribution in [1.82, 2.24) is 4.90 Å². The molecule has 4 nitrogen and oxygen atoms in total. The van der Waals surface area contributed by atoms with E-state index in [1.807, 2.05) is 17.1 Å². The van der Waals surface area contributed by atoms with Gasteiger partial charge in [0.05, 0.1) is 0 Å². The van der Waals surface area contributed by atoms with Gasteiger partial charge in [-0.25, -0.2) is 0 Å². The van der Waals surface area contributed by atoms with Crippen LogP contribution in [0, 0.1) is 0 Å². The monoisotopic (exact) mass is 299 g/mol. The number of phenols is 2. The lowest BCUT2D eigenvalue weighted by atomic mass is 10.1. The number of phenolic OH excluding ortho intramolecular Hbond substituents is 2. The number of carbonyl (C=O) groups excluding carboxylic acids is 1. The highest BCUT2D eigenvalue weighted by atomic mass is 16.3. The summed E-state index contributed by atoms with van der Waals surface area (Å²) >= 11 is 0. The Hall–Kier alpha value is -2.49. The van der Waals surface area contributed by atoms with Crippen LogP contribution in [0.4, 0.5) is 0 Å². The summed E-state index contributed by atoms with van der Waals surface area (Å²) in [7, 11) is 0. The largest absolute Gasteiger partial charge is 0.504 e. The summed E-state index contributed by atoms with van der Waals surface area (Å²) in [4.78, 5) is 13.7. The van der Waals surface area contributed by atoms with Crippen molar-refractivity contribution in [3.05, 3.63) is 54.1 Å². The number of piperidine rings is 1. The molecule has 0 atom stereocenters. The van der Waals surface area contributed by atoms with Gasteiger partial charge in [0.2, 0.25) is 5.91 Å². The van der Waals surface area contributed by atoms with Crippen molar-refractivity contribution >= 4 is 12.0 Å². The minimum atomic E-state index is -0.141. The zero-order valence-electron chi connectivity index (χ0n) is 12.5. The Labute approximate surface area is 130 Å². The maximum atomic E-state index is 11.9. The van der Waals surface area contributed by atoms with Crippen LogP contribution in [0.1, 0.15) is 24.8 Å². The molecule has 0 aromatic heterocycles. The van der Waals surface area contributed by atoms with Gasteiger partial charge >= 0.3 is 0 Å². The van der Waals surface area contributed by atoms with Gasteiger partial charge in [-0.3, -0.25) is 4.79 Å². The number of aromatic hydroxyl groups is 2. The van der Waals surface area contributed by atoms with E-state index in [1.165, 1.54) is 18.6 Å². The van der Waals surface area contributed by atoms with E-state index in [0.29, 0.717) is 0 Å². The molecule has 4 heteroatoms. The van der Waals surface area contributed by atoms with Crippen molar-refractivity contribution in [2.24, 2.45) is 0 Å². The van der Waals surface area contributed by atoms with Crippen LogP contribution in [0.3, 0.4) is 0 Å². The molecule has 0 radical (unpaired) electrons. The molecule has 0 unspecified atom stereocenters. The van der Waals surface area contributed by atoms with Gasteiger partial charge in [0.25, 0.3) is 0 Å². The molecule has 1 heterocycles. The fourth-order valence-corrected chi connectivity index (χ4v) is 2.30. The summed E-state index contributed by atoms with van der Waals surface area (Å²) in [6, 6.07) is 4.63. The molecule has 1 amide bonds. The normalized spacial score (nSPS) is 16.1. The van der Waals surface area contributed by atoms with E-state index in [2.05, 4.69) is 0 Å². The first-order valence-corrected chi connectivity index (χ1v) is 7.49. The molecule has 1 aliphatic heterocycles. The van der Waals surface area contributed by atoms with Gasteiger partial charge in [0, 0.05) is 19.2 Å². The average molecular weight is 299 g/mol. The molecule has 1 fully saturated rings. The first-order chi connectivity index (χ1) is 10.7. The first-order valence-electron chi connectivity index (χ1n) is 7.49. The van der Waals surface area contributed by atoms with E-state index in [4.69, 9.17) is 0 Å². The number of amides is 1. The summed E-state index contributed by atoms with van der Waals surface area (Å²) < 4.78 is 0. The number of hydrogen-bond donors (Lipinski definition) is 2. The molecule has 22 heavy (non-hydrogen) atoms. The molecule has 0 aliphatic carbocycles. The first kappa shape index (κ1) is 15.9. The molecule has 0 saturated carbocycles. The molecule has 1 saturated heterocycles. The number of allylic oxidation sites excluding steroid dienone is 4. The van der Waals surface area contributed by atoms with Crippen molar-refractivity contribution < 1.29 is 15.0 Å². The second-order valence-corrected chi connectivity index (χ2v) is 5.24. The Bertz CT molecular complexity index is 596. The number of carbonyl (C=O) groups is 1. The standard InChI is InChI=1S/C18H21NO3/c20-16-11-10-15(14-17(16)21)8-4-1-2-5-9-18(22)19-12-6-3-7-13-19/h1-2,4-5,8-11,14,20-21H,3,6-7,12-13H2/b2-1+,8-4+,9-5+. The van der Waals surface area contributed by atoms with Crippen LogP contribution in [0.2, 0.25) is 0 Å². The van der Waals surface area contributed by atoms with Crippen molar-refractivity contribution in [2.75, 3.05) is 13.1 Å². The van der Waals surface area contributed by atoms with Gasteiger partial charge in [-0.2, -0.15) is 0 Å². The predicted molar refractivity (Wildman–Crippen MR) is 87.5 cm³/mol. The molecule has 1 aromatic rings. The quantitative estimate of drug-likeness (QED) is 0.510. The number of benzene rings is 1. The highest BCUT2D eigenvalue weighted by Crippen LogP contribution is 2.25. The summed E-state index contributed by atoms with van der Waals surface area (Å²) in [6.07, 6.45) is 13.9. The molecule has 2 N–H and O–H groups in total. The van der Waals surface area contributed by atoms with Crippen LogP contribution < -0.4 is 0 Å². The van der Waals surface area contributed by atoms with Crippen LogP contribution >= 0.6 is 0 Å². The zero-order chi connectivity index (χ0) is 15.8. The third kappa shape index (κ3) is 4.81. The fraction of sp³-hybridized carbons (Fsp3) is 0.278. The minimum absolute atomic E-state index is 0.0665. The molecule has 0 spiro atoms. The van der Waals surface area contributed by atoms with Gasteiger partial charge in [-0.05, 0) is 37.0 Å². The summed E-state index contributed by atoms with van der Waals surface area (Å²) in [5, 5.41) is 18.6. The maximum Gasteiger partial charge on any atom is 0.246 e. The van der Waals surface area contributed by atoms with Gasteiger partial charge in [-0.15, -0.1) is 0 Å². The minimum Gasteiger partial charge on any atom is -0.504 e. The van der Waals surface area contributed by atoms with Crippen molar-refractivity contribution in [2.45, 2.75) is 19.3 Å². The van der Waals surface area contributed by atoms with Crippen LogP contribution in [-0.4, -0.2) is 34.1 Å². The highest BCUT2D eigenvalue weighted by molar-refractivity contribution is 5.87. The number of nitrogens with zero attached hydrogens (tertiary/aromatic N) is 1. The Morgan fingerprint density at radius 2 is 1.68 bits per heavy atom. The molecular weight excluding hydrogens is 278 g/mol. The van der Waals surface area contributed by atoms with Crippen molar-refractivity contribution in [3.63, 3.8) is 0 Å². The van der Waals surface area contributed by atoms with Crippen molar-refractivity contribution in [3.8, 4) is 11.5 Å². The van der Waals surface area contributed by atoms with Crippen molar-refractivity contribution in [1.29, 1.82) is 0 Å². The Morgan fingerprint density at radius 3 is 2.41 bits per heavy atom. The Balaban J connectivity index is 1.81. The second kappa shape index (κ2) is 8.08. The van der Waals surface area contributed by atoms with Crippen LogP contribution in [0.5, 0.6) is 11.5 Å².